The molecule has 1 unspecified atom stereocenters. The molecule has 1 atom stereocenters. The van der Waals surface area contributed by atoms with E-state index in [-0.39, 0.29) is 5.97 Å². The van der Waals surface area contributed by atoms with Crippen molar-refractivity contribution in [2.24, 2.45) is 0 Å². The van der Waals surface area contributed by atoms with Crippen LogP contribution in [0.5, 0.6) is 0 Å². The fourth-order valence-corrected chi connectivity index (χ4v) is 1.97. The molecule has 0 fully saturated rings. The molecule has 0 aliphatic carbocycles. The Bertz CT molecular complexity index is 376. The molecule has 1 aromatic carbocycles. The zero-order valence-corrected chi connectivity index (χ0v) is 10.3. The minimum Gasteiger partial charge on any atom is -0.467 e. The van der Waals surface area contributed by atoms with E-state index in [4.69, 9.17) is 4.74 Å². The van der Waals surface area contributed by atoms with Crippen LogP contribution in [0.4, 0.5) is 0 Å². The third-order valence-corrected chi connectivity index (χ3v) is 2.81. The van der Waals surface area contributed by atoms with Gasteiger partial charge in [0.1, 0.15) is 5.54 Å². The third kappa shape index (κ3) is 2.25. The van der Waals surface area contributed by atoms with Crippen LogP contribution >= 0.6 is 0 Å². The summed E-state index contributed by atoms with van der Waals surface area (Å²) < 4.78 is 4.88. The van der Waals surface area contributed by atoms with Gasteiger partial charge in [0.05, 0.1) is 7.11 Å². The summed E-state index contributed by atoms with van der Waals surface area (Å²) in [5.41, 5.74) is 1.27. The Kier molecular flexibility index (Phi) is 4.07. The number of ether oxygens (including phenoxy) is 1. The van der Waals surface area contributed by atoms with Gasteiger partial charge in [-0.15, -0.1) is 0 Å². The lowest BCUT2D eigenvalue weighted by Crippen LogP contribution is -2.47. The molecule has 1 rings (SSSR count). The zero-order chi connectivity index (χ0) is 12.2. The maximum Gasteiger partial charge on any atom is 0.330 e. The summed E-state index contributed by atoms with van der Waals surface area (Å²) >= 11 is 0. The average molecular weight is 221 g/mol. The summed E-state index contributed by atoms with van der Waals surface area (Å²) in [6.45, 7) is 6.53. The van der Waals surface area contributed by atoms with E-state index in [9.17, 15) is 4.79 Å². The summed E-state index contributed by atoms with van der Waals surface area (Å²) in [5, 5.41) is 3.19. The van der Waals surface area contributed by atoms with Crippen molar-refractivity contribution in [3.05, 3.63) is 35.4 Å². The molecule has 1 N–H and O–H groups in total. The second-order valence-electron chi connectivity index (χ2n) is 3.96. The highest BCUT2D eigenvalue weighted by Crippen LogP contribution is 2.25. The first-order valence-electron chi connectivity index (χ1n) is 5.45. The fraction of sp³-hybridized carbons (Fsp3) is 0.462. The van der Waals surface area contributed by atoms with Gasteiger partial charge >= 0.3 is 5.97 Å². The molecule has 0 radical (unpaired) electrons. The molecule has 0 saturated carbocycles. The van der Waals surface area contributed by atoms with Crippen molar-refractivity contribution in [3.63, 3.8) is 0 Å². The van der Waals surface area contributed by atoms with Crippen molar-refractivity contribution in [3.8, 4) is 0 Å². The van der Waals surface area contributed by atoms with Crippen LogP contribution < -0.4 is 5.32 Å². The second-order valence-corrected chi connectivity index (χ2v) is 3.96. The van der Waals surface area contributed by atoms with E-state index >= 15 is 0 Å². The highest BCUT2D eigenvalue weighted by atomic mass is 16.5. The number of likely N-dealkylation sites (N-methyl/N-ethyl adjacent to an activating group) is 1. The smallest absolute Gasteiger partial charge is 0.330 e. The number of rotatable bonds is 4. The van der Waals surface area contributed by atoms with E-state index in [0.717, 1.165) is 11.1 Å². The summed E-state index contributed by atoms with van der Waals surface area (Å²) in [7, 11) is 1.41. The summed E-state index contributed by atoms with van der Waals surface area (Å²) in [4.78, 5) is 11.9. The molecule has 3 heteroatoms. The number of carbonyl (C=O) groups is 1. The number of benzene rings is 1. The predicted octanol–water partition coefficient (Wildman–Crippen LogP) is 1.99. The zero-order valence-electron chi connectivity index (χ0n) is 10.3. The quantitative estimate of drug-likeness (QED) is 0.790. The van der Waals surface area contributed by atoms with Crippen LogP contribution in [0, 0.1) is 6.92 Å². The van der Waals surface area contributed by atoms with Gasteiger partial charge in [-0.2, -0.15) is 0 Å². The van der Waals surface area contributed by atoms with Gasteiger partial charge in [0, 0.05) is 0 Å². The molecule has 3 nitrogen and oxygen atoms in total. The lowest BCUT2D eigenvalue weighted by atomic mass is 9.88. The average Bonchev–Trinajstić information content (AvgIpc) is 2.28. The molecule has 0 heterocycles. The molecule has 0 aliphatic rings. The Morgan fingerprint density at radius 3 is 2.56 bits per heavy atom. The van der Waals surface area contributed by atoms with Crippen LogP contribution in [-0.4, -0.2) is 19.6 Å². The molecular weight excluding hydrogens is 202 g/mol. The monoisotopic (exact) mass is 221 g/mol. The van der Waals surface area contributed by atoms with E-state index in [1.165, 1.54) is 7.11 Å². The minimum absolute atomic E-state index is 0.261. The SMILES string of the molecule is CCNC(C)(C(=O)OC)c1ccccc1C. The largest absolute Gasteiger partial charge is 0.467 e. The first kappa shape index (κ1) is 12.7. The van der Waals surface area contributed by atoms with E-state index in [2.05, 4.69) is 5.32 Å². The van der Waals surface area contributed by atoms with Crippen molar-refractivity contribution in [1.82, 2.24) is 5.32 Å². The third-order valence-electron chi connectivity index (χ3n) is 2.81. The van der Waals surface area contributed by atoms with Crippen LogP contribution in [-0.2, 0) is 15.1 Å². The van der Waals surface area contributed by atoms with Crippen LogP contribution in [0.1, 0.15) is 25.0 Å². The topological polar surface area (TPSA) is 38.3 Å². The number of aryl methyl sites for hydroxylation is 1. The number of carbonyl (C=O) groups excluding carboxylic acids is 1. The standard InChI is InChI=1S/C13H19NO2/c1-5-14-13(3,12(15)16-4)11-9-7-6-8-10(11)2/h6-9,14H,5H2,1-4H3. The maximum absolute atomic E-state index is 11.9. The molecule has 0 bridgehead atoms. The fourth-order valence-electron chi connectivity index (χ4n) is 1.97. The Hall–Kier alpha value is -1.35. The highest BCUT2D eigenvalue weighted by Gasteiger charge is 2.36. The molecule has 0 spiro atoms. The molecule has 0 aromatic heterocycles. The number of hydrogen-bond acceptors (Lipinski definition) is 3. The normalized spacial score (nSPS) is 14.2. The van der Waals surface area contributed by atoms with Gasteiger partial charge in [0.2, 0.25) is 0 Å². The summed E-state index contributed by atoms with van der Waals surface area (Å²) in [5.74, 6) is -0.261. The van der Waals surface area contributed by atoms with Gasteiger partial charge in [-0.3, -0.25) is 5.32 Å². The van der Waals surface area contributed by atoms with Crippen molar-refractivity contribution in [1.29, 1.82) is 0 Å². The lowest BCUT2D eigenvalue weighted by Gasteiger charge is -2.29. The van der Waals surface area contributed by atoms with Crippen LogP contribution in [0.25, 0.3) is 0 Å². The number of nitrogens with one attached hydrogen (secondary N) is 1. The Balaban J connectivity index is 3.21. The maximum atomic E-state index is 11.9. The van der Waals surface area contributed by atoms with Crippen LogP contribution in [0.15, 0.2) is 24.3 Å². The van der Waals surface area contributed by atoms with Crippen LogP contribution in [0.3, 0.4) is 0 Å². The number of esters is 1. The van der Waals surface area contributed by atoms with E-state index < -0.39 is 5.54 Å². The van der Waals surface area contributed by atoms with Crippen molar-refractivity contribution >= 4 is 5.97 Å². The Labute approximate surface area is 96.8 Å². The van der Waals surface area contributed by atoms with E-state index in [0.29, 0.717) is 6.54 Å². The summed E-state index contributed by atoms with van der Waals surface area (Å²) in [6.07, 6.45) is 0. The lowest BCUT2D eigenvalue weighted by molar-refractivity contribution is -0.148. The molecule has 0 saturated heterocycles. The number of hydrogen-bond donors (Lipinski definition) is 1. The Morgan fingerprint density at radius 1 is 1.44 bits per heavy atom. The van der Waals surface area contributed by atoms with Gasteiger partial charge in [-0.1, -0.05) is 31.2 Å². The van der Waals surface area contributed by atoms with Gasteiger partial charge < -0.3 is 4.74 Å². The van der Waals surface area contributed by atoms with Gasteiger partial charge in [-0.25, -0.2) is 4.79 Å². The molecule has 0 aliphatic heterocycles. The van der Waals surface area contributed by atoms with E-state index in [1.807, 2.05) is 45.0 Å². The van der Waals surface area contributed by atoms with Crippen LogP contribution in [0.2, 0.25) is 0 Å². The van der Waals surface area contributed by atoms with Gasteiger partial charge in [0.15, 0.2) is 0 Å². The van der Waals surface area contributed by atoms with Crippen molar-refractivity contribution in [2.75, 3.05) is 13.7 Å². The van der Waals surface area contributed by atoms with Crippen molar-refractivity contribution < 1.29 is 9.53 Å². The molecule has 16 heavy (non-hydrogen) atoms. The van der Waals surface area contributed by atoms with E-state index in [1.54, 1.807) is 0 Å². The van der Waals surface area contributed by atoms with Crippen molar-refractivity contribution in [2.45, 2.75) is 26.3 Å². The predicted molar refractivity (Wildman–Crippen MR) is 64.2 cm³/mol. The highest BCUT2D eigenvalue weighted by molar-refractivity contribution is 5.82. The minimum atomic E-state index is -0.769. The molecule has 88 valence electrons. The van der Waals surface area contributed by atoms with Gasteiger partial charge in [0.25, 0.3) is 0 Å². The molecule has 0 amide bonds. The van der Waals surface area contributed by atoms with Gasteiger partial charge in [-0.05, 0) is 31.5 Å². The summed E-state index contributed by atoms with van der Waals surface area (Å²) in [6, 6.07) is 7.84. The first-order chi connectivity index (χ1) is 7.56. The second kappa shape index (κ2) is 5.12. The Morgan fingerprint density at radius 2 is 2.06 bits per heavy atom. The molecular formula is C13H19NO2. The molecule has 1 aromatic rings. The first-order valence-corrected chi connectivity index (χ1v) is 5.45. The number of methoxy groups -OCH3 is 1.